The number of aromatic nitrogens is 4. The van der Waals surface area contributed by atoms with Gasteiger partial charge in [0.2, 0.25) is 5.91 Å². The fourth-order valence-electron chi connectivity index (χ4n) is 3.83. The molecule has 1 aliphatic rings. The molecule has 1 saturated carbocycles. The van der Waals surface area contributed by atoms with E-state index in [1.165, 1.54) is 0 Å². The van der Waals surface area contributed by atoms with E-state index in [0.29, 0.717) is 40.6 Å². The van der Waals surface area contributed by atoms with E-state index in [-0.39, 0.29) is 18.4 Å². The van der Waals surface area contributed by atoms with E-state index in [4.69, 9.17) is 4.98 Å². The summed E-state index contributed by atoms with van der Waals surface area (Å²) in [5.74, 6) is 0.425. The van der Waals surface area contributed by atoms with Crippen molar-refractivity contribution in [2.75, 3.05) is 6.54 Å². The molecular formula is C25H24N6O2. The number of pyridine rings is 2. The number of carbonyl (C=O) groups is 2. The van der Waals surface area contributed by atoms with Crippen molar-refractivity contribution in [3.8, 4) is 5.82 Å². The molecule has 8 heteroatoms. The summed E-state index contributed by atoms with van der Waals surface area (Å²) in [5.41, 5.74) is 3.65. The first-order valence-electron chi connectivity index (χ1n) is 11.0. The molecule has 166 valence electrons. The normalized spacial score (nSPS) is 13.1. The van der Waals surface area contributed by atoms with Crippen LogP contribution in [-0.2, 0) is 11.3 Å². The SMILES string of the molecule is Cc1nn(-c2ccccn2)c2nc(C3CC3)cc(C(=O)NCC(=O)NCc3ccccc3)c12. The van der Waals surface area contributed by atoms with E-state index in [9.17, 15) is 9.59 Å². The maximum absolute atomic E-state index is 13.2. The molecule has 0 aliphatic heterocycles. The molecule has 3 heterocycles. The Balaban J connectivity index is 1.39. The summed E-state index contributed by atoms with van der Waals surface area (Å²) in [6.07, 6.45) is 3.81. The lowest BCUT2D eigenvalue weighted by Crippen LogP contribution is -2.36. The van der Waals surface area contributed by atoms with Crippen LogP contribution in [-0.4, -0.2) is 38.1 Å². The molecule has 33 heavy (non-hydrogen) atoms. The molecule has 2 N–H and O–H groups in total. The lowest BCUT2D eigenvalue weighted by molar-refractivity contribution is -0.120. The summed E-state index contributed by atoms with van der Waals surface area (Å²) in [5, 5.41) is 10.9. The minimum atomic E-state index is -0.317. The summed E-state index contributed by atoms with van der Waals surface area (Å²) in [4.78, 5) is 34.7. The molecule has 0 saturated heterocycles. The second-order valence-electron chi connectivity index (χ2n) is 8.20. The molecule has 0 radical (unpaired) electrons. The molecule has 8 nitrogen and oxygen atoms in total. The predicted octanol–water partition coefficient (Wildman–Crippen LogP) is 3.05. The Morgan fingerprint density at radius 1 is 1.06 bits per heavy atom. The molecule has 3 aromatic heterocycles. The van der Waals surface area contributed by atoms with Crippen LogP contribution in [0.1, 0.15) is 46.1 Å². The average molecular weight is 441 g/mol. The van der Waals surface area contributed by atoms with Crippen molar-refractivity contribution in [1.82, 2.24) is 30.4 Å². The van der Waals surface area contributed by atoms with Crippen LogP contribution in [0.3, 0.4) is 0 Å². The maximum Gasteiger partial charge on any atom is 0.252 e. The average Bonchev–Trinajstić information content (AvgIpc) is 3.65. The number of nitrogens with zero attached hydrogens (tertiary/aromatic N) is 4. The van der Waals surface area contributed by atoms with Crippen molar-refractivity contribution in [1.29, 1.82) is 0 Å². The standard InChI is InChI=1S/C25H24N6O2/c1-16-23-19(25(33)28-15-22(32)27-14-17-7-3-2-4-8-17)13-20(18-10-11-18)29-24(23)31(30-16)21-9-5-6-12-26-21/h2-9,12-13,18H,10-11,14-15H2,1H3,(H,27,32)(H,28,33). The van der Waals surface area contributed by atoms with Crippen molar-refractivity contribution in [2.45, 2.75) is 32.2 Å². The quantitative estimate of drug-likeness (QED) is 0.460. The van der Waals surface area contributed by atoms with Gasteiger partial charge in [-0.05, 0) is 43.5 Å². The third kappa shape index (κ3) is 4.45. The van der Waals surface area contributed by atoms with Gasteiger partial charge in [-0.15, -0.1) is 0 Å². The first-order chi connectivity index (χ1) is 16.1. The Labute approximate surface area is 191 Å². The maximum atomic E-state index is 13.2. The Morgan fingerprint density at radius 2 is 1.85 bits per heavy atom. The molecule has 4 aromatic rings. The monoisotopic (exact) mass is 440 g/mol. The van der Waals surface area contributed by atoms with Gasteiger partial charge in [-0.3, -0.25) is 9.59 Å². The molecule has 0 spiro atoms. The molecule has 1 aromatic carbocycles. The minimum Gasteiger partial charge on any atom is -0.350 e. The molecule has 5 rings (SSSR count). The van der Waals surface area contributed by atoms with Gasteiger partial charge >= 0.3 is 0 Å². The van der Waals surface area contributed by atoms with E-state index < -0.39 is 0 Å². The summed E-state index contributed by atoms with van der Waals surface area (Å²) < 4.78 is 1.68. The van der Waals surface area contributed by atoms with Gasteiger partial charge in [-0.1, -0.05) is 36.4 Å². The summed E-state index contributed by atoms with van der Waals surface area (Å²) in [7, 11) is 0. The van der Waals surface area contributed by atoms with E-state index in [1.807, 2.05) is 61.5 Å². The Morgan fingerprint density at radius 3 is 2.58 bits per heavy atom. The molecule has 1 fully saturated rings. The zero-order chi connectivity index (χ0) is 22.8. The highest BCUT2D eigenvalue weighted by molar-refractivity contribution is 6.07. The van der Waals surface area contributed by atoms with Crippen LogP contribution in [0.25, 0.3) is 16.9 Å². The van der Waals surface area contributed by atoms with Gasteiger partial charge in [0.1, 0.15) is 0 Å². The zero-order valence-electron chi connectivity index (χ0n) is 18.3. The third-order valence-corrected chi connectivity index (χ3v) is 5.68. The number of fused-ring (bicyclic) bond motifs is 1. The molecule has 0 atom stereocenters. The fraction of sp³-hybridized carbons (Fsp3) is 0.240. The highest BCUT2D eigenvalue weighted by Crippen LogP contribution is 2.40. The number of rotatable bonds is 7. The lowest BCUT2D eigenvalue weighted by Gasteiger charge is -2.10. The van der Waals surface area contributed by atoms with E-state index in [0.717, 1.165) is 24.1 Å². The predicted molar refractivity (Wildman–Crippen MR) is 124 cm³/mol. The van der Waals surface area contributed by atoms with Crippen molar-refractivity contribution >= 4 is 22.8 Å². The van der Waals surface area contributed by atoms with Gasteiger partial charge in [0.05, 0.1) is 23.2 Å². The Hall–Kier alpha value is -4.07. The summed E-state index contributed by atoms with van der Waals surface area (Å²) in [6, 6.07) is 17.1. The molecule has 0 bridgehead atoms. The van der Waals surface area contributed by atoms with Gasteiger partial charge in [0, 0.05) is 24.4 Å². The number of nitrogens with one attached hydrogen (secondary N) is 2. The van der Waals surface area contributed by atoms with Crippen LogP contribution in [0.2, 0.25) is 0 Å². The minimum absolute atomic E-state index is 0.109. The number of hydrogen-bond acceptors (Lipinski definition) is 5. The van der Waals surface area contributed by atoms with Crippen LogP contribution < -0.4 is 10.6 Å². The number of carbonyl (C=O) groups excluding carboxylic acids is 2. The Bertz CT molecular complexity index is 1310. The Kier molecular flexibility index (Phi) is 5.56. The summed E-state index contributed by atoms with van der Waals surface area (Å²) in [6.45, 7) is 2.15. The number of benzene rings is 1. The number of aryl methyl sites for hydroxylation is 1. The first-order valence-corrected chi connectivity index (χ1v) is 11.0. The second kappa shape index (κ2) is 8.82. The van der Waals surface area contributed by atoms with Crippen molar-refractivity contribution in [3.05, 3.63) is 83.3 Å². The van der Waals surface area contributed by atoms with Crippen molar-refractivity contribution in [3.63, 3.8) is 0 Å². The zero-order valence-corrected chi connectivity index (χ0v) is 18.3. The van der Waals surface area contributed by atoms with E-state index in [1.54, 1.807) is 10.9 Å². The number of amides is 2. The van der Waals surface area contributed by atoms with Crippen LogP contribution in [0.4, 0.5) is 0 Å². The smallest absolute Gasteiger partial charge is 0.252 e. The van der Waals surface area contributed by atoms with Gasteiger partial charge in [-0.2, -0.15) is 9.78 Å². The molecule has 2 amide bonds. The number of hydrogen-bond donors (Lipinski definition) is 2. The lowest BCUT2D eigenvalue weighted by atomic mass is 10.1. The highest BCUT2D eigenvalue weighted by atomic mass is 16.2. The third-order valence-electron chi connectivity index (χ3n) is 5.68. The van der Waals surface area contributed by atoms with Crippen LogP contribution >= 0.6 is 0 Å². The molecule has 1 aliphatic carbocycles. The van der Waals surface area contributed by atoms with E-state index in [2.05, 4.69) is 20.7 Å². The van der Waals surface area contributed by atoms with E-state index >= 15 is 0 Å². The van der Waals surface area contributed by atoms with Gasteiger partial charge in [-0.25, -0.2) is 9.97 Å². The van der Waals surface area contributed by atoms with Crippen LogP contribution in [0.15, 0.2) is 60.8 Å². The van der Waals surface area contributed by atoms with Gasteiger partial charge in [0.15, 0.2) is 11.5 Å². The first kappa shape index (κ1) is 20.8. The second-order valence-corrected chi connectivity index (χ2v) is 8.20. The van der Waals surface area contributed by atoms with Crippen molar-refractivity contribution < 1.29 is 9.59 Å². The molecule has 0 unspecified atom stereocenters. The largest absolute Gasteiger partial charge is 0.350 e. The fourth-order valence-corrected chi connectivity index (χ4v) is 3.83. The van der Waals surface area contributed by atoms with Gasteiger partial charge in [0.25, 0.3) is 5.91 Å². The summed E-state index contributed by atoms with van der Waals surface area (Å²) >= 11 is 0. The van der Waals surface area contributed by atoms with Gasteiger partial charge < -0.3 is 10.6 Å². The topological polar surface area (TPSA) is 102 Å². The van der Waals surface area contributed by atoms with Crippen LogP contribution in [0, 0.1) is 6.92 Å². The molecular weight excluding hydrogens is 416 g/mol. The van der Waals surface area contributed by atoms with Crippen LogP contribution in [0.5, 0.6) is 0 Å². The highest BCUT2D eigenvalue weighted by Gasteiger charge is 2.29. The van der Waals surface area contributed by atoms with Crippen molar-refractivity contribution in [2.24, 2.45) is 0 Å².